The summed E-state index contributed by atoms with van der Waals surface area (Å²) < 4.78 is 0. The molecule has 13 heavy (non-hydrogen) atoms. The number of Topliss-reactive ketones (excluding diaryl/α,β-unsaturated/α-hetero) is 1. The monoisotopic (exact) mass is 169 g/mol. The van der Waals surface area contributed by atoms with Crippen molar-refractivity contribution in [3.63, 3.8) is 0 Å². The summed E-state index contributed by atoms with van der Waals surface area (Å²) in [6.45, 7) is 0. The molecular weight excluding hydrogens is 162 g/mol. The molecule has 2 nitrogen and oxygen atoms in total. The van der Waals surface area contributed by atoms with Crippen molar-refractivity contribution in [1.82, 2.24) is 4.98 Å². The third-order valence-electron chi connectivity index (χ3n) is 1.91. The molecule has 1 aromatic heterocycles. The standard InChI is InChI=1S/C11H7NO/c1-2-11(13)10-7-8-5-3-4-6-9(8)12-10/h1,3-7,12H. The maximum atomic E-state index is 11.1. The van der Waals surface area contributed by atoms with Gasteiger partial charge in [-0.1, -0.05) is 18.2 Å². The quantitative estimate of drug-likeness (QED) is 0.395. The Labute approximate surface area is 75.6 Å². The van der Waals surface area contributed by atoms with E-state index in [0.29, 0.717) is 5.69 Å². The molecule has 2 heteroatoms. The second-order valence-corrected chi connectivity index (χ2v) is 2.74. The van der Waals surface area contributed by atoms with E-state index in [9.17, 15) is 4.79 Å². The summed E-state index contributed by atoms with van der Waals surface area (Å²) >= 11 is 0. The predicted molar refractivity (Wildman–Crippen MR) is 51.5 cm³/mol. The van der Waals surface area contributed by atoms with E-state index in [0.717, 1.165) is 10.9 Å². The van der Waals surface area contributed by atoms with Crippen LogP contribution in [0.2, 0.25) is 0 Å². The van der Waals surface area contributed by atoms with Crippen molar-refractivity contribution in [2.45, 2.75) is 0 Å². The van der Waals surface area contributed by atoms with Crippen LogP contribution in [0.25, 0.3) is 10.9 Å². The van der Waals surface area contributed by atoms with E-state index >= 15 is 0 Å². The molecule has 0 radical (unpaired) electrons. The zero-order chi connectivity index (χ0) is 9.26. The largest absolute Gasteiger partial charge is 0.351 e. The van der Waals surface area contributed by atoms with Crippen molar-refractivity contribution in [1.29, 1.82) is 0 Å². The highest BCUT2D eigenvalue weighted by Crippen LogP contribution is 2.14. The van der Waals surface area contributed by atoms with Crippen LogP contribution in [0.1, 0.15) is 10.5 Å². The summed E-state index contributed by atoms with van der Waals surface area (Å²) in [5.74, 6) is 1.76. The first-order chi connectivity index (χ1) is 6.31. The molecule has 0 aliphatic carbocycles. The fraction of sp³-hybridized carbons (Fsp3) is 0. The number of fused-ring (bicyclic) bond motifs is 1. The molecule has 0 atom stereocenters. The molecule has 2 aromatic rings. The van der Waals surface area contributed by atoms with Gasteiger partial charge in [-0.05, 0) is 18.1 Å². The number of para-hydroxylation sites is 1. The van der Waals surface area contributed by atoms with Gasteiger partial charge < -0.3 is 4.98 Å². The average molecular weight is 169 g/mol. The Morgan fingerprint density at radius 3 is 2.85 bits per heavy atom. The van der Waals surface area contributed by atoms with Crippen LogP contribution in [0.3, 0.4) is 0 Å². The van der Waals surface area contributed by atoms with Gasteiger partial charge in [-0.15, -0.1) is 6.42 Å². The van der Waals surface area contributed by atoms with Gasteiger partial charge in [-0.2, -0.15) is 0 Å². The molecular formula is C11H7NO. The number of terminal acetylenes is 1. The lowest BCUT2D eigenvalue weighted by Gasteiger charge is -1.84. The van der Waals surface area contributed by atoms with Gasteiger partial charge in [0.1, 0.15) is 0 Å². The lowest BCUT2D eigenvalue weighted by atomic mass is 10.2. The minimum atomic E-state index is -0.309. The fourth-order valence-electron chi connectivity index (χ4n) is 1.27. The number of benzene rings is 1. The molecule has 0 amide bonds. The number of aromatic nitrogens is 1. The highest BCUT2D eigenvalue weighted by Gasteiger charge is 2.05. The maximum Gasteiger partial charge on any atom is 0.251 e. The predicted octanol–water partition coefficient (Wildman–Crippen LogP) is 1.98. The Bertz CT molecular complexity index is 469. The van der Waals surface area contributed by atoms with Crippen LogP contribution in [0.5, 0.6) is 0 Å². The summed E-state index contributed by atoms with van der Waals surface area (Å²) in [7, 11) is 0. The Balaban J connectivity index is 2.64. The molecule has 0 spiro atoms. The smallest absolute Gasteiger partial charge is 0.251 e. The molecule has 0 saturated heterocycles. The van der Waals surface area contributed by atoms with Crippen LogP contribution < -0.4 is 0 Å². The minimum Gasteiger partial charge on any atom is -0.351 e. The lowest BCUT2D eigenvalue weighted by molar-refractivity contribution is 0.105. The van der Waals surface area contributed by atoms with Crippen LogP contribution in [-0.2, 0) is 0 Å². The lowest BCUT2D eigenvalue weighted by Crippen LogP contribution is -1.93. The first-order valence-corrected chi connectivity index (χ1v) is 3.90. The summed E-state index contributed by atoms with van der Waals surface area (Å²) in [5.41, 5.74) is 1.41. The van der Waals surface area contributed by atoms with E-state index in [2.05, 4.69) is 10.9 Å². The molecule has 2 rings (SSSR count). The van der Waals surface area contributed by atoms with E-state index in [1.165, 1.54) is 0 Å². The van der Waals surface area contributed by atoms with E-state index in [1.54, 1.807) is 6.07 Å². The number of nitrogens with one attached hydrogen (secondary N) is 1. The van der Waals surface area contributed by atoms with E-state index in [4.69, 9.17) is 6.42 Å². The van der Waals surface area contributed by atoms with Crippen molar-refractivity contribution in [2.24, 2.45) is 0 Å². The van der Waals surface area contributed by atoms with Crippen LogP contribution in [0.4, 0.5) is 0 Å². The zero-order valence-corrected chi connectivity index (χ0v) is 6.87. The molecule has 0 saturated carbocycles. The highest BCUT2D eigenvalue weighted by molar-refractivity contribution is 6.09. The van der Waals surface area contributed by atoms with Crippen molar-refractivity contribution in [2.75, 3.05) is 0 Å². The minimum absolute atomic E-state index is 0.309. The topological polar surface area (TPSA) is 32.9 Å². The Hall–Kier alpha value is -2.01. The number of hydrogen-bond donors (Lipinski definition) is 1. The van der Waals surface area contributed by atoms with Crippen molar-refractivity contribution >= 4 is 16.7 Å². The normalized spacial score (nSPS) is 9.77. The number of carbonyl (C=O) groups excluding carboxylic acids is 1. The van der Waals surface area contributed by atoms with Gasteiger partial charge in [0.15, 0.2) is 0 Å². The molecule has 0 aliphatic rings. The number of carbonyl (C=O) groups is 1. The summed E-state index contributed by atoms with van der Waals surface area (Å²) in [5, 5.41) is 1.00. The second-order valence-electron chi connectivity index (χ2n) is 2.74. The molecule has 1 heterocycles. The third-order valence-corrected chi connectivity index (χ3v) is 1.91. The van der Waals surface area contributed by atoms with Crippen LogP contribution >= 0.6 is 0 Å². The number of rotatable bonds is 1. The van der Waals surface area contributed by atoms with Gasteiger partial charge in [0.2, 0.25) is 0 Å². The number of ketones is 1. The summed E-state index contributed by atoms with van der Waals surface area (Å²) in [6, 6.07) is 9.42. The van der Waals surface area contributed by atoms with Crippen LogP contribution in [0, 0.1) is 12.3 Å². The fourth-order valence-corrected chi connectivity index (χ4v) is 1.27. The van der Waals surface area contributed by atoms with E-state index in [1.807, 2.05) is 24.3 Å². The van der Waals surface area contributed by atoms with Crippen LogP contribution in [0.15, 0.2) is 30.3 Å². The van der Waals surface area contributed by atoms with Gasteiger partial charge in [-0.3, -0.25) is 4.79 Å². The van der Waals surface area contributed by atoms with Crippen molar-refractivity contribution in [3.8, 4) is 12.3 Å². The van der Waals surface area contributed by atoms with E-state index in [-0.39, 0.29) is 5.78 Å². The number of hydrogen-bond acceptors (Lipinski definition) is 1. The van der Waals surface area contributed by atoms with Gasteiger partial charge in [-0.25, -0.2) is 0 Å². The van der Waals surface area contributed by atoms with Gasteiger partial charge in [0.25, 0.3) is 5.78 Å². The summed E-state index contributed by atoms with van der Waals surface area (Å²) in [6.07, 6.45) is 5.01. The molecule has 0 unspecified atom stereocenters. The number of aromatic amines is 1. The zero-order valence-electron chi connectivity index (χ0n) is 6.87. The average Bonchev–Trinajstić information content (AvgIpc) is 2.59. The maximum absolute atomic E-state index is 11.1. The Morgan fingerprint density at radius 1 is 1.38 bits per heavy atom. The molecule has 62 valence electrons. The van der Waals surface area contributed by atoms with Crippen molar-refractivity contribution < 1.29 is 4.79 Å². The Kier molecular flexibility index (Phi) is 1.64. The van der Waals surface area contributed by atoms with E-state index < -0.39 is 0 Å². The molecule has 1 N–H and O–H groups in total. The molecule has 0 fully saturated rings. The first kappa shape index (κ1) is 7.63. The van der Waals surface area contributed by atoms with Gasteiger partial charge in [0.05, 0.1) is 5.69 Å². The van der Waals surface area contributed by atoms with Gasteiger partial charge in [0, 0.05) is 10.9 Å². The second kappa shape index (κ2) is 2.80. The van der Waals surface area contributed by atoms with Gasteiger partial charge >= 0.3 is 0 Å². The first-order valence-electron chi connectivity index (χ1n) is 3.90. The molecule has 0 aliphatic heterocycles. The van der Waals surface area contributed by atoms with Crippen molar-refractivity contribution in [3.05, 3.63) is 36.0 Å². The molecule has 1 aromatic carbocycles. The Morgan fingerprint density at radius 2 is 2.15 bits per heavy atom. The number of H-pyrrole nitrogens is 1. The third kappa shape index (κ3) is 1.21. The molecule has 0 bridgehead atoms. The van der Waals surface area contributed by atoms with Crippen LogP contribution in [-0.4, -0.2) is 10.8 Å². The summed E-state index contributed by atoms with van der Waals surface area (Å²) in [4.78, 5) is 14.1. The SMILES string of the molecule is C#CC(=O)c1cc2ccccc2[nH]1. The highest BCUT2D eigenvalue weighted by atomic mass is 16.1.